The van der Waals surface area contributed by atoms with Gasteiger partial charge in [0.15, 0.2) is 5.82 Å². The second-order valence-corrected chi connectivity index (χ2v) is 6.54. The Kier molecular flexibility index (Phi) is 3.42. The lowest BCUT2D eigenvalue weighted by atomic mass is 9.97. The Balaban J connectivity index is 1.83. The molecule has 0 radical (unpaired) electrons. The molecule has 0 amide bonds. The summed E-state index contributed by atoms with van der Waals surface area (Å²) in [5, 5.41) is 9.14. The minimum atomic E-state index is 0.739. The van der Waals surface area contributed by atoms with Crippen molar-refractivity contribution in [3.8, 4) is 5.13 Å². The first-order chi connectivity index (χ1) is 10.9. The maximum atomic E-state index is 4.80. The largest absolute Gasteiger partial charge is 0.365 e. The van der Waals surface area contributed by atoms with Gasteiger partial charge in [-0.25, -0.2) is 9.67 Å². The standard InChI is InChI=1S/C17H18N4S/c1-2-11-18-16-12-7-3-5-9-14(12)21(20-16)17-19-13-8-4-6-10-15(13)22-17/h2,4,6,8,10H,1,3,5,7,9,11H2,(H,18,20). The topological polar surface area (TPSA) is 42.7 Å². The van der Waals surface area contributed by atoms with Gasteiger partial charge in [-0.1, -0.05) is 29.5 Å². The van der Waals surface area contributed by atoms with Crippen LogP contribution in [0.2, 0.25) is 0 Å². The van der Waals surface area contributed by atoms with Crippen molar-refractivity contribution in [2.75, 3.05) is 11.9 Å². The highest BCUT2D eigenvalue weighted by Gasteiger charge is 2.22. The molecule has 4 nitrogen and oxygen atoms in total. The van der Waals surface area contributed by atoms with E-state index in [1.807, 2.05) is 16.8 Å². The molecule has 22 heavy (non-hydrogen) atoms. The van der Waals surface area contributed by atoms with E-state index in [1.165, 1.54) is 28.8 Å². The molecule has 3 aromatic rings. The number of nitrogens with zero attached hydrogens (tertiary/aromatic N) is 3. The van der Waals surface area contributed by atoms with Crippen molar-refractivity contribution >= 4 is 27.4 Å². The minimum Gasteiger partial charge on any atom is -0.365 e. The van der Waals surface area contributed by atoms with Gasteiger partial charge in [0.1, 0.15) is 0 Å². The predicted molar refractivity (Wildman–Crippen MR) is 92.1 cm³/mol. The van der Waals surface area contributed by atoms with Crippen LogP contribution in [-0.2, 0) is 12.8 Å². The first-order valence-corrected chi connectivity index (χ1v) is 8.50. The molecule has 2 heterocycles. The highest BCUT2D eigenvalue weighted by Crippen LogP contribution is 2.32. The average Bonchev–Trinajstić information content (AvgIpc) is 3.14. The van der Waals surface area contributed by atoms with E-state index in [2.05, 4.69) is 30.1 Å². The predicted octanol–water partition coefficient (Wildman–Crippen LogP) is 3.96. The summed E-state index contributed by atoms with van der Waals surface area (Å²) in [6.45, 7) is 4.51. The first-order valence-electron chi connectivity index (χ1n) is 7.68. The van der Waals surface area contributed by atoms with Gasteiger partial charge in [0, 0.05) is 12.1 Å². The summed E-state index contributed by atoms with van der Waals surface area (Å²) in [6, 6.07) is 8.26. The fourth-order valence-corrected chi connectivity index (χ4v) is 3.96. The summed E-state index contributed by atoms with van der Waals surface area (Å²) in [7, 11) is 0. The van der Waals surface area contributed by atoms with Crippen molar-refractivity contribution in [1.82, 2.24) is 14.8 Å². The Hall–Kier alpha value is -2.14. The number of nitrogens with one attached hydrogen (secondary N) is 1. The molecule has 0 saturated heterocycles. The minimum absolute atomic E-state index is 0.739. The highest BCUT2D eigenvalue weighted by molar-refractivity contribution is 7.20. The summed E-state index contributed by atoms with van der Waals surface area (Å²) in [4.78, 5) is 4.76. The molecular weight excluding hydrogens is 292 g/mol. The van der Waals surface area contributed by atoms with Crippen LogP contribution in [0, 0.1) is 0 Å². The molecule has 1 N–H and O–H groups in total. The molecule has 1 aliphatic rings. The molecule has 1 aromatic carbocycles. The van der Waals surface area contributed by atoms with Gasteiger partial charge >= 0.3 is 0 Å². The zero-order chi connectivity index (χ0) is 14.9. The van der Waals surface area contributed by atoms with Gasteiger partial charge in [-0.3, -0.25) is 0 Å². The quantitative estimate of drug-likeness (QED) is 0.742. The molecule has 4 rings (SSSR count). The zero-order valence-electron chi connectivity index (χ0n) is 12.4. The maximum Gasteiger partial charge on any atom is 0.211 e. The number of thiazole rings is 1. The van der Waals surface area contributed by atoms with Crippen LogP contribution in [0.25, 0.3) is 15.3 Å². The van der Waals surface area contributed by atoms with Crippen LogP contribution in [0.1, 0.15) is 24.1 Å². The Morgan fingerprint density at radius 3 is 3.00 bits per heavy atom. The van der Waals surface area contributed by atoms with Crippen molar-refractivity contribution in [3.63, 3.8) is 0 Å². The van der Waals surface area contributed by atoms with Crippen LogP contribution in [-0.4, -0.2) is 21.3 Å². The van der Waals surface area contributed by atoms with E-state index in [4.69, 9.17) is 10.1 Å². The molecule has 0 spiro atoms. The number of anilines is 1. The molecule has 0 bridgehead atoms. The Bertz CT molecular complexity index is 797. The number of fused-ring (bicyclic) bond motifs is 2. The van der Waals surface area contributed by atoms with Crippen molar-refractivity contribution in [1.29, 1.82) is 0 Å². The fraction of sp³-hybridized carbons (Fsp3) is 0.294. The van der Waals surface area contributed by atoms with Crippen molar-refractivity contribution in [3.05, 3.63) is 48.2 Å². The van der Waals surface area contributed by atoms with Gasteiger partial charge in [-0.15, -0.1) is 11.7 Å². The SMILES string of the molecule is C=CCNc1nn(-c2nc3ccccc3s2)c2c1CCCC2. The smallest absolute Gasteiger partial charge is 0.211 e. The summed E-state index contributed by atoms with van der Waals surface area (Å²) in [6.07, 6.45) is 6.51. The third kappa shape index (κ3) is 2.22. The van der Waals surface area contributed by atoms with Crippen molar-refractivity contribution in [2.45, 2.75) is 25.7 Å². The van der Waals surface area contributed by atoms with E-state index in [9.17, 15) is 0 Å². The van der Waals surface area contributed by atoms with E-state index in [-0.39, 0.29) is 0 Å². The molecule has 0 saturated carbocycles. The van der Waals surface area contributed by atoms with E-state index >= 15 is 0 Å². The van der Waals surface area contributed by atoms with Crippen LogP contribution in [0.4, 0.5) is 5.82 Å². The Morgan fingerprint density at radius 1 is 1.27 bits per heavy atom. The molecule has 2 aromatic heterocycles. The summed E-state index contributed by atoms with van der Waals surface area (Å²) < 4.78 is 3.25. The second kappa shape index (κ2) is 5.57. The summed E-state index contributed by atoms with van der Waals surface area (Å²) >= 11 is 1.70. The van der Waals surface area contributed by atoms with E-state index < -0.39 is 0 Å². The Morgan fingerprint density at radius 2 is 2.14 bits per heavy atom. The van der Waals surface area contributed by atoms with E-state index in [0.717, 1.165) is 35.9 Å². The number of hydrogen-bond donors (Lipinski definition) is 1. The molecule has 0 atom stereocenters. The lowest BCUT2D eigenvalue weighted by molar-refractivity contribution is 0.652. The molecule has 0 fully saturated rings. The molecule has 5 heteroatoms. The van der Waals surface area contributed by atoms with E-state index in [0.29, 0.717) is 0 Å². The van der Waals surface area contributed by atoms with Crippen molar-refractivity contribution < 1.29 is 0 Å². The summed E-state index contributed by atoms with van der Waals surface area (Å²) in [5.41, 5.74) is 3.72. The lowest BCUT2D eigenvalue weighted by Crippen LogP contribution is -2.07. The number of hydrogen-bond acceptors (Lipinski definition) is 4. The van der Waals surface area contributed by atoms with Gasteiger partial charge in [-0.2, -0.15) is 0 Å². The fourth-order valence-electron chi connectivity index (χ4n) is 3.02. The van der Waals surface area contributed by atoms with Gasteiger partial charge in [0.2, 0.25) is 5.13 Å². The second-order valence-electron chi connectivity index (χ2n) is 5.53. The summed E-state index contributed by atoms with van der Waals surface area (Å²) in [5.74, 6) is 0.994. The van der Waals surface area contributed by atoms with Gasteiger partial charge in [0.05, 0.1) is 15.9 Å². The third-order valence-electron chi connectivity index (χ3n) is 4.06. The van der Waals surface area contributed by atoms with Crippen LogP contribution in [0.15, 0.2) is 36.9 Å². The molecule has 0 aliphatic heterocycles. The van der Waals surface area contributed by atoms with E-state index in [1.54, 1.807) is 11.3 Å². The Labute approximate surface area is 133 Å². The average molecular weight is 310 g/mol. The molecule has 1 aliphatic carbocycles. The van der Waals surface area contributed by atoms with Gasteiger partial charge < -0.3 is 5.32 Å². The highest BCUT2D eigenvalue weighted by atomic mass is 32.1. The molecule has 112 valence electrons. The first kappa shape index (κ1) is 13.5. The third-order valence-corrected chi connectivity index (χ3v) is 5.07. The van der Waals surface area contributed by atoms with Crippen LogP contribution < -0.4 is 5.32 Å². The number of aromatic nitrogens is 3. The number of benzene rings is 1. The van der Waals surface area contributed by atoms with Crippen LogP contribution in [0.5, 0.6) is 0 Å². The number of para-hydroxylation sites is 1. The van der Waals surface area contributed by atoms with Crippen molar-refractivity contribution in [2.24, 2.45) is 0 Å². The van der Waals surface area contributed by atoms with Crippen LogP contribution in [0.3, 0.4) is 0 Å². The monoisotopic (exact) mass is 310 g/mol. The van der Waals surface area contributed by atoms with Gasteiger partial charge in [0.25, 0.3) is 0 Å². The number of rotatable bonds is 4. The zero-order valence-corrected chi connectivity index (χ0v) is 13.2. The van der Waals surface area contributed by atoms with Gasteiger partial charge in [-0.05, 0) is 37.8 Å². The van der Waals surface area contributed by atoms with Crippen LogP contribution >= 0.6 is 11.3 Å². The maximum absolute atomic E-state index is 4.80. The normalized spacial score (nSPS) is 14.0. The molecule has 0 unspecified atom stereocenters. The molecular formula is C17H18N4S. The lowest BCUT2D eigenvalue weighted by Gasteiger charge is -2.13.